The number of carbonyl (C=O) groups excluding carboxylic acids is 2. The van der Waals surface area contributed by atoms with Crippen molar-refractivity contribution in [2.45, 2.75) is 43.9 Å². The molecule has 1 heterocycles. The van der Waals surface area contributed by atoms with E-state index in [-0.39, 0.29) is 24.5 Å². The second-order valence-corrected chi connectivity index (χ2v) is 4.62. The predicted octanol–water partition coefficient (Wildman–Crippen LogP) is -1.11. The van der Waals surface area contributed by atoms with Crippen LogP contribution in [-0.2, 0) is 14.3 Å². The van der Waals surface area contributed by atoms with Gasteiger partial charge in [-0.2, -0.15) is 0 Å². The first-order chi connectivity index (χ1) is 8.19. The molecule has 2 amide bonds. The Bertz CT molecular complexity index is 304. The van der Waals surface area contributed by atoms with Crippen molar-refractivity contribution in [2.24, 2.45) is 5.73 Å². The van der Waals surface area contributed by atoms with Crippen molar-refractivity contribution < 1.29 is 14.3 Å². The van der Waals surface area contributed by atoms with Gasteiger partial charge in [-0.25, -0.2) is 0 Å². The van der Waals surface area contributed by atoms with E-state index >= 15 is 0 Å². The van der Waals surface area contributed by atoms with E-state index in [0.29, 0.717) is 19.0 Å². The van der Waals surface area contributed by atoms with Gasteiger partial charge in [0.05, 0.1) is 12.6 Å². The highest BCUT2D eigenvalue weighted by Crippen LogP contribution is 2.19. The molecule has 1 saturated carbocycles. The van der Waals surface area contributed by atoms with Gasteiger partial charge in [-0.1, -0.05) is 0 Å². The highest BCUT2D eigenvalue weighted by atomic mass is 16.5. The highest BCUT2D eigenvalue weighted by molar-refractivity contribution is 5.87. The Hall–Kier alpha value is -1.14. The van der Waals surface area contributed by atoms with E-state index in [1.165, 1.54) is 0 Å². The van der Waals surface area contributed by atoms with Crippen molar-refractivity contribution in [3.63, 3.8) is 0 Å². The molecule has 0 aromatic carbocycles. The average molecular weight is 241 g/mol. The minimum atomic E-state index is -0.447. The van der Waals surface area contributed by atoms with Crippen molar-refractivity contribution in [1.82, 2.24) is 10.6 Å². The molecule has 0 aromatic heterocycles. The van der Waals surface area contributed by atoms with Gasteiger partial charge < -0.3 is 21.1 Å². The maximum atomic E-state index is 11.7. The molecule has 0 aromatic rings. The van der Waals surface area contributed by atoms with Crippen LogP contribution in [0.15, 0.2) is 0 Å². The predicted molar refractivity (Wildman–Crippen MR) is 61.1 cm³/mol. The van der Waals surface area contributed by atoms with Crippen LogP contribution in [0.25, 0.3) is 0 Å². The minimum absolute atomic E-state index is 0.0222. The van der Waals surface area contributed by atoms with E-state index in [2.05, 4.69) is 10.6 Å². The molecule has 0 radical (unpaired) electrons. The number of amides is 2. The molecule has 6 heteroatoms. The fourth-order valence-corrected chi connectivity index (χ4v) is 1.86. The van der Waals surface area contributed by atoms with Crippen LogP contribution < -0.4 is 16.4 Å². The lowest BCUT2D eigenvalue weighted by Gasteiger charge is -2.12. The molecule has 17 heavy (non-hydrogen) atoms. The number of hydrogen-bond donors (Lipinski definition) is 3. The molecule has 1 aliphatic heterocycles. The third-order valence-electron chi connectivity index (χ3n) is 3.03. The largest absolute Gasteiger partial charge is 0.364 e. The number of rotatable bonds is 5. The first kappa shape index (κ1) is 12.3. The molecule has 2 aliphatic rings. The van der Waals surface area contributed by atoms with Crippen LogP contribution in [0.1, 0.15) is 25.7 Å². The summed E-state index contributed by atoms with van der Waals surface area (Å²) in [6, 6.07) is 0.323. The summed E-state index contributed by atoms with van der Waals surface area (Å²) in [5.41, 5.74) is 5.46. The van der Waals surface area contributed by atoms with Crippen LogP contribution in [0.4, 0.5) is 0 Å². The molecule has 2 unspecified atom stereocenters. The lowest BCUT2D eigenvalue weighted by atomic mass is 10.2. The summed E-state index contributed by atoms with van der Waals surface area (Å²) in [5, 5.41) is 5.39. The van der Waals surface area contributed by atoms with Crippen LogP contribution in [0.5, 0.6) is 0 Å². The molecule has 1 aliphatic carbocycles. The Labute approximate surface area is 100 Å². The Morgan fingerprint density at radius 3 is 2.59 bits per heavy atom. The lowest BCUT2D eigenvalue weighted by molar-refractivity contribution is -0.133. The molecule has 2 rings (SSSR count). The van der Waals surface area contributed by atoms with Crippen molar-refractivity contribution in [3.8, 4) is 0 Å². The average Bonchev–Trinajstić information content (AvgIpc) is 2.99. The molecule has 6 nitrogen and oxygen atoms in total. The number of hydrogen-bond acceptors (Lipinski definition) is 4. The minimum Gasteiger partial charge on any atom is -0.364 e. The Morgan fingerprint density at radius 2 is 2.00 bits per heavy atom. The fraction of sp³-hybridized carbons (Fsp3) is 0.818. The summed E-state index contributed by atoms with van der Waals surface area (Å²) < 4.78 is 5.43. The van der Waals surface area contributed by atoms with Gasteiger partial charge in [0.25, 0.3) is 0 Å². The molecule has 4 N–H and O–H groups in total. The standard InChI is InChI=1S/C11H19N3O3/c12-5-8-3-4-9(17-8)11(16)13-6-10(15)14-7-1-2-7/h7-9H,1-6,12H2,(H,13,16)(H,14,15). The first-order valence-corrected chi connectivity index (χ1v) is 6.11. The van der Waals surface area contributed by atoms with Crippen molar-refractivity contribution in [2.75, 3.05) is 13.1 Å². The van der Waals surface area contributed by atoms with E-state index in [9.17, 15) is 9.59 Å². The Balaban J connectivity index is 1.64. The van der Waals surface area contributed by atoms with Gasteiger partial charge in [0.15, 0.2) is 0 Å². The molecular formula is C11H19N3O3. The van der Waals surface area contributed by atoms with E-state index in [1.54, 1.807) is 0 Å². The van der Waals surface area contributed by atoms with Crippen LogP contribution in [0.3, 0.4) is 0 Å². The van der Waals surface area contributed by atoms with Gasteiger partial charge in [-0.15, -0.1) is 0 Å². The smallest absolute Gasteiger partial charge is 0.249 e. The summed E-state index contributed by atoms with van der Waals surface area (Å²) in [6.45, 7) is 0.467. The number of nitrogens with one attached hydrogen (secondary N) is 2. The second-order valence-electron chi connectivity index (χ2n) is 4.62. The Morgan fingerprint density at radius 1 is 1.24 bits per heavy atom. The highest BCUT2D eigenvalue weighted by Gasteiger charge is 2.30. The summed E-state index contributed by atoms with van der Waals surface area (Å²) in [7, 11) is 0. The normalized spacial score (nSPS) is 27.8. The van der Waals surface area contributed by atoms with Gasteiger partial charge in [-0.05, 0) is 25.7 Å². The van der Waals surface area contributed by atoms with E-state index in [1.807, 2.05) is 0 Å². The maximum Gasteiger partial charge on any atom is 0.249 e. The summed E-state index contributed by atoms with van der Waals surface area (Å²) in [5.74, 6) is -0.346. The van der Waals surface area contributed by atoms with Gasteiger partial charge in [0, 0.05) is 12.6 Å². The summed E-state index contributed by atoms with van der Waals surface area (Å²) in [6.07, 6.45) is 3.11. The lowest BCUT2D eigenvalue weighted by Crippen LogP contribution is -2.42. The zero-order chi connectivity index (χ0) is 12.3. The monoisotopic (exact) mass is 241 g/mol. The molecule has 2 fully saturated rings. The van der Waals surface area contributed by atoms with Gasteiger partial charge >= 0.3 is 0 Å². The molecule has 96 valence electrons. The van der Waals surface area contributed by atoms with Gasteiger partial charge in [-0.3, -0.25) is 9.59 Å². The third-order valence-corrected chi connectivity index (χ3v) is 3.03. The second kappa shape index (κ2) is 5.46. The summed E-state index contributed by atoms with van der Waals surface area (Å²) >= 11 is 0. The molecule has 2 atom stereocenters. The maximum absolute atomic E-state index is 11.7. The van der Waals surface area contributed by atoms with Crippen LogP contribution >= 0.6 is 0 Å². The van der Waals surface area contributed by atoms with E-state index in [0.717, 1.165) is 19.3 Å². The van der Waals surface area contributed by atoms with Crippen LogP contribution in [-0.4, -0.2) is 43.2 Å². The topological polar surface area (TPSA) is 93.5 Å². The number of carbonyl (C=O) groups is 2. The molecule has 1 saturated heterocycles. The first-order valence-electron chi connectivity index (χ1n) is 6.11. The SMILES string of the molecule is NCC1CCC(C(=O)NCC(=O)NC2CC2)O1. The zero-order valence-electron chi connectivity index (χ0n) is 9.78. The molecule has 0 spiro atoms. The fourth-order valence-electron chi connectivity index (χ4n) is 1.86. The van der Waals surface area contributed by atoms with Crippen molar-refractivity contribution >= 4 is 11.8 Å². The third kappa shape index (κ3) is 3.67. The Kier molecular flexibility index (Phi) is 3.96. The molecule has 0 bridgehead atoms. The zero-order valence-corrected chi connectivity index (χ0v) is 9.78. The number of nitrogens with two attached hydrogens (primary N) is 1. The van der Waals surface area contributed by atoms with Gasteiger partial charge in [0.2, 0.25) is 11.8 Å². The molecular weight excluding hydrogens is 222 g/mol. The quantitative estimate of drug-likeness (QED) is 0.569. The van der Waals surface area contributed by atoms with Crippen molar-refractivity contribution in [1.29, 1.82) is 0 Å². The van der Waals surface area contributed by atoms with Crippen LogP contribution in [0, 0.1) is 0 Å². The van der Waals surface area contributed by atoms with Gasteiger partial charge in [0.1, 0.15) is 6.10 Å². The van der Waals surface area contributed by atoms with Crippen LogP contribution in [0.2, 0.25) is 0 Å². The van der Waals surface area contributed by atoms with E-state index < -0.39 is 6.10 Å². The summed E-state index contributed by atoms with van der Waals surface area (Å²) in [4.78, 5) is 23.0. The number of ether oxygens (including phenoxy) is 1. The van der Waals surface area contributed by atoms with E-state index in [4.69, 9.17) is 10.5 Å². The van der Waals surface area contributed by atoms with Crippen molar-refractivity contribution in [3.05, 3.63) is 0 Å².